The zero-order chi connectivity index (χ0) is 15.4. The van der Waals surface area contributed by atoms with Crippen molar-refractivity contribution >= 4 is 27.3 Å². The van der Waals surface area contributed by atoms with Gasteiger partial charge in [-0.3, -0.25) is 0 Å². The van der Waals surface area contributed by atoms with E-state index in [1.54, 1.807) is 14.2 Å². The van der Waals surface area contributed by atoms with Gasteiger partial charge >= 0.3 is 0 Å². The monoisotopic (exact) mass is 369 g/mol. The molecule has 0 aliphatic rings. The summed E-state index contributed by atoms with van der Waals surface area (Å²) in [4.78, 5) is 2.69. The van der Waals surface area contributed by atoms with Gasteiger partial charge in [0.05, 0.1) is 14.2 Å². The average molecular weight is 370 g/mol. The number of halogens is 1. The minimum absolute atomic E-state index is 0.323. The molecule has 0 bridgehead atoms. The van der Waals surface area contributed by atoms with Crippen LogP contribution in [-0.2, 0) is 6.54 Å². The molecule has 2 aromatic rings. The van der Waals surface area contributed by atoms with Crippen LogP contribution in [0.2, 0.25) is 0 Å². The van der Waals surface area contributed by atoms with Crippen LogP contribution in [0.4, 0.5) is 0 Å². The summed E-state index contributed by atoms with van der Waals surface area (Å²) in [6.45, 7) is 5.07. The van der Waals surface area contributed by atoms with Crippen molar-refractivity contribution in [2.75, 3.05) is 14.2 Å². The first-order valence-electron chi connectivity index (χ1n) is 6.75. The number of hydrogen-bond acceptors (Lipinski definition) is 4. The van der Waals surface area contributed by atoms with Gasteiger partial charge < -0.3 is 14.8 Å². The lowest BCUT2D eigenvalue weighted by atomic mass is 10.2. The number of ether oxygens (including phenoxy) is 2. The van der Waals surface area contributed by atoms with E-state index >= 15 is 0 Å². The van der Waals surface area contributed by atoms with Crippen molar-refractivity contribution in [1.29, 1.82) is 0 Å². The van der Waals surface area contributed by atoms with Gasteiger partial charge in [0.2, 0.25) is 0 Å². The van der Waals surface area contributed by atoms with Crippen LogP contribution < -0.4 is 14.8 Å². The van der Waals surface area contributed by atoms with Crippen molar-refractivity contribution in [3.8, 4) is 11.5 Å². The number of nitrogens with one attached hydrogen (secondary N) is 1. The molecule has 0 aliphatic carbocycles. The van der Waals surface area contributed by atoms with Crippen molar-refractivity contribution in [2.45, 2.75) is 26.4 Å². The zero-order valence-corrected chi connectivity index (χ0v) is 15.1. The predicted octanol–water partition coefficient (Wildman–Crippen LogP) is 4.69. The molecule has 1 heterocycles. The second-order valence-corrected chi connectivity index (χ2v) is 7.02. The third-order valence-electron chi connectivity index (χ3n) is 3.34. The molecule has 0 amide bonds. The quantitative estimate of drug-likeness (QED) is 0.801. The highest BCUT2D eigenvalue weighted by Crippen LogP contribution is 2.33. The molecule has 1 aromatic heterocycles. The predicted molar refractivity (Wildman–Crippen MR) is 91.6 cm³/mol. The van der Waals surface area contributed by atoms with Gasteiger partial charge in [0.1, 0.15) is 0 Å². The van der Waals surface area contributed by atoms with Crippen LogP contribution in [-0.4, -0.2) is 14.2 Å². The highest BCUT2D eigenvalue weighted by Gasteiger charge is 2.12. The summed E-state index contributed by atoms with van der Waals surface area (Å²) in [5.74, 6) is 1.48. The van der Waals surface area contributed by atoms with Crippen LogP contribution in [0.1, 0.15) is 28.3 Å². The molecule has 0 aliphatic heterocycles. The summed E-state index contributed by atoms with van der Waals surface area (Å²) in [5, 5.41) is 3.54. The van der Waals surface area contributed by atoms with Gasteiger partial charge in [0, 0.05) is 26.8 Å². The van der Waals surface area contributed by atoms with Crippen LogP contribution in [0.25, 0.3) is 0 Å². The molecule has 0 fully saturated rings. The lowest BCUT2D eigenvalue weighted by Crippen LogP contribution is -2.17. The number of hydrogen-bond donors (Lipinski definition) is 1. The number of rotatable bonds is 6. The fraction of sp³-hybridized carbons (Fsp3) is 0.375. The Morgan fingerprint density at radius 3 is 2.43 bits per heavy atom. The first-order valence-corrected chi connectivity index (χ1v) is 8.36. The third kappa shape index (κ3) is 3.99. The molecule has 0 saturated carbocycles. The number of thiophene rings is 1. The molecule has 0 spiro atoms. The number of benzene rings is 1. The molecule has 1 atom stereocenters. The van der Waals surface area contributed by atoms with Crippen LogP contribution in [0.5, 0.6) is 11.5 Å². The lowest BCUT2D eigenvalue weighted by Gasteiger charge is -2.15. The third-order valence-corrected chi connectivity index (χ3v) is 5.26. The summed E-state index contributed by atoms with van der Waals surface area (Å²) in [7, 11) is 3.30. The number of methoxy groups -OCH3 is 2. The van der Waals surface area contributed by atoms with E-state index in [9.17, 15) is 0 Å². The van der Waals surface area contributed by atoms with Crippen molar-refractivity contribution in [3.63, 3.8) is 0 Å². The van der Waals surface area contributed by atoms with E-state index in [0.29, 0.717) is 6.04 Å². The topological polar surface area (TPSA) is 30.5 Å². The summed E-state index contributed by atoms with van der Waals surface area (Å²) in [6, 6.07) is 8.60. The maximum atomic E-state index is 5.36. The van der Waals surface area contributed by atoms with Gasteiger partial charge in [-0.15, -0.1) is 11.3 Å². The average Bonchev–Trinajstić information content (AvgIpc) is 2.91. The van der Waals surface area contributed by atoms with E-state index in [-0.39, 0.29) is 0 Å². The number of aryl methyl sites for hydroxylation is 1. The molecular formula is C16H20BrNO2S. The molecule has 1 N–H and O–H groups in total. The fourth-order valence-corrected chi connectivity index (χ4v) is 3.45. The molecule has 0 saturated heterocycles. The Morgan fingerprint density at radius 2 is 1.86 bits per heavy atom. The maximum Gasteiger partial charge on any atom is 0.161 e. The van der Waals surface area contributed by atoms with E-state index in [1.165, 1.54) is 9.75 Å². The van der Waals surface area contributed by atoms with E-state index in [4.69, 9.17) is 9.47 Å². The molecule has 0 radical (unpaired) electrons. The summed E-state index contributed by atoms with van der Waals surface area (Å²) in [6.07, 6.45) is 0. The van der Waals surface area contributed by atoms with Gasteiger partial charge in [0.15, 0.2) is 11.5 Å². The van der Waals surface area contributed by atoms with Gasteiger partial charge in [-0.1, -0.05) is 15.9 Å². The molecule has 2 rings (SSSR count). The molecule has 114 valence electrons. The van der Waals surface area contributed by atoms with Crippen LogP contribution >= 0.6 is 27.3 Å². The van der Waals surface area contributed by atoms with E-state index in [0.717, 1.165) is 28.1 Å². The van der Waals surface area contributed by atoms with E-state index < -0.39 is 0 Å². The zero-order valence-electron chi connectivity index (χ0n) is 12.7. The van der Waals surface area contributed by atoms with Crippen molar-refractivity contribution in [1.82, 2.24) is 5.32 Å². The molecule has 5 heteroatoms. The van der Waals surface area contributed by atoms with Crippen molar-refractivity contribution in [3.05, 3.63) is 44.1 Å². The molecule has 21 heavy (non-hydrogen) atoms. The van der Waals surface area contributed by atoms with Gasteiger partial charge in [-0.2, -0.15) is 0 Å². The van der Waals surface area contributed by atoms with E-state index in [2.05, 4.69) is 47.2 Å². The maximum absolute atomic E-state index is 5.36. The molecular weight excluding hydrogens is 350 g/mol. The van der Waals surface area contributed by atoms with Crippen LogP contribution in [0, 0.1) is 6.92 Å². The molecule has 3 nitrogen and oxygen atoms in total. The standard InChI is InChI=1S/C16H20BrNO2S/c1-10-5-6-16(21-10)11(2)18-9-12-7-14(19-3)15(20-4)8-13(12)17/h5-8,11,18H,9H2,1-4H3. The lowest BCUT2D eigenvalue weighted by molar-refractivity contribution is 0.354. The van der Waals surface area contributed by atoms with Crippen molar-refractivity contribution in [2.24, 2.45) is 0 Å². The Hall–Kier alpha value is -1.04. The largest absolute Gasteiger partial charge is 0.493 e. The van der Waals surface area contributed by atoms with Crippen LogP contribution in [0.15, 0.2) is 28.7 Å². The Bertz CT molecular complexity index is 612. The smallest absolute Gasteiger partial charge is 0.161 e. The summed E-state index contributed by atoms with van der Waals surface area (Å²) >= 11 is 5.42. The highest BCUT2D eigenvalue weighted by molar-refractivity contribution is 9.10. The van der Waals surface area contributed by atoms with E-state index in [1.807, 2.05) is 23.5 Å². The summed E-state index contributed by atoms with van der Waals surface area (Å²) in [5.41, 5.74) is 1.15. The van der Waals surface area contributed by atoms with Gasteiger partial charge in [0.25, 0.3) is 0 Å². The molecule has 1 unspecified atom stereocenters. The first kappa shape index (κ1) is 16.3. The minimum atomic E-state index is 0.323. The summed E-state index contributed by atoms with van der Waals surface area (Å²) < 4.78 is 11.7. The van der Waals surface area contributed by atoms with Crippen molar-refractivity contribution < 1.29 is 9.47 Å². The van der Waals surface area contributed by atoms with Gasteiger partial charge in [-0.25, -0.2) is 0 Å². The fourth-order valence-electron chi connectivity index (χ4n) is 2.08. The second kappa shape index (κ2) is 7.29. The van der Waals surface area contributed by atoms with Crippen LogP contribution in [0.3, 0.4) is 0 Å². The Balaban J connectivity index is 2.09. The Morgan fingerprint density at radius 1 is 1.19 bits per heavy atom. The Labute approximate surface area is 138 Å². The first-order chi connectivity index (χ1) is 10.0. The van der Waals surface area contributed by atoms with Gasteiger partial charge in [-0.05, 0) is 43.7 Å². The second-order valence-electron chi connectivity index (χ2n) is 4.85. The normalized spacial score (nSPS) is 12.2. The minimum Gasteiger partial charge on any atom is -0.493 e. The highest BCUT2D eigenvalue weighted by atomic mass is 79.9. The SMILES string of the molecule is COc1cc(Br)c(CNC(C)c2ccc(C)s2)cc1OC. The molecule has 1 aromatic carbocycles. The Kier molecular flexibility index (Phi) is 5.67.